The maximum atomic E-state index is 11.2. The van der Waals surface area contributed by atoms with Crippen molar-refractivity contribution in [3.8, 4) is 0 Å². The lowest BCUT2D eigenvalue weighted by Crippen LogP contribution is -2.23. The molecule has 2 unspecified atom stereocenters. The van der Waals surface area contributed by atoms with Crippen LogP contribution in [0, 0.1) is 0 Å². The average Bonchev–Trinajstić information content (AvgIpc) is 2.26. The monoisotopic (exact) mass is 309 g/mol. The minimum Gasteiger partial charge on any atom is -0.389 e. The van der Waals surface area contributed by atoms with Crippen molar-refractivity contribution in [2.75, 3.05) is 5.33 Å². The summed E-state index contributed by atoms with van der Waals surface area (Å²) < 4.78 is 22.5. The molecule has 0 fully saturated rings. The molecule has 0 aliphatic carbocycles. The number of aliphatic hydroxyl groups is 2. The summed E-state index contributed by atoms with van der Waals surface area (Å²) in [7, 11) is -3.91. The second-order valence-electron chi connectivity index (χ2n) is 3.25. The summed E-state index contributed by atoms with van der Waals surface area (Å²) >= 11 is 3.00. The molecule has 16 heavy (non-hydrogen) atoms. The zero-order chi connectivity index (χ0) is 12.3. The molecule has 0 saturated heterocycles. The molecule has 1 aromatic rings. The molecule has 0 aliphatic rings. The third-order valence-electron chi connectivity index (χ3n) is 2.07. The summed E-state index contributed by atoms with van der Waals surface area (Å²) in [4.78, 5) is -0.178. The summed E-state index contributed by atoms with van der Waals surface area (Å²) in [5, 5.41) is 24.3. The molecule has 7 heteroatoms. The third-order valence-corrected chi connectivity index (χ3v) is 3.71. The molecule has 1 rings (SSSR count). The van der Waals surface area contributed by atoms with Gasteiger partial charge in [0.2, 0.25) is 10.0 Å². The molecule has 2 atom stereocenters. The van der Waals surface area contributed by atoms with Crippen LogP contribution in [-0.4, -0.2) is 30.1 Å². The number of nitrogens with two attached hydrogens (primary N) is 1. The van der Waals surface area contributed by atoms with Crippen LogP contribution in [0.4, 0.5) is 0 Å². The first-order chi connectivity index (χ1) is 7.38. The molecule has 0 aromatic heterocycles. The van der Waals surface area contributed by atoms with Crippen molar-refractivity contribution >= 4 is 26.0 Å². The second-order valence-corrected chi connectivity index (χ2v) is 5.43. The van der Waals surface area contributed by atoms with Crippen LogP contribution < -0.4 is 5.14 Å². The Labute approximate surface area is 102 Å². The number of primary sulfonamides is 1. The van der Waals surface area contributed by atoms with E-state index in [9.17, 15) is 18.6 Å². The highest BCUT2D eigenvalue weighted by Gasteiger charge is 2.23. The van der Waals surface area contributed by atoms with E-state index in [1.807, 2.05) is 0 Å². The molecule has 0 spiro atoms. The van der Waals surface area contributed by atoms with E-state index in [0.717, 1.165) is 0 Å². The third kappa shape index (κ3) is 3.02. The Bertz CT molecular complexity index is 462. The number of halogens is 1. The number of rotatable bonds is 4. The molecule has 5 nitrogen and oxygen atoms in total. The Morgan fingerprint density at radius 1 is 1.31 bits per heavy atom. The molecule has 0 radical (unpaired) electrons. The molecule has 0 bridgehead atoms. The SMILES string of the molecule is NS(=O)(=O)c1ccccc1C(O)C(O)CBr. The summed E-state index contributed by atoms with van der Waals surface area (Å²) in [6.45, 7) is 0. The zero-order valence-corrected chi connectivity index (χ0v) is 10.6. The summed E-state index contributed by atoms with van der Waals surface area (Å²) in [5.41, 5.74) is 0.0944. The van der Waals surface area contributed by atoms with Crippen LogP contribution in [-0.2, 0) is 10.0 Å². The lowest BCUT2D eigenvalue weighted by Gasteiger charge is -2.18. The highest BCUT2D eigenvalue weighted by atomic mass is 79.9. The Morgan fingerprint density at radius 2 is 1.88 bits per heavy atom. The first kappa shape index (κ1) is 13.6. The molecular weight excluding hydrogens is 298 g/mol. The van der Waals surface area contributed by atoms with Crippen molar-refractivity contribution in [3.05, 3.63) is 29.8 Å². The summed E-state index contributed by atoms with van der Waals surface area (Å²) in [5.74, 6) is 0. The van der Waals surface area contributed by atoms with E-state index in [1.54, 1.807) is 6.07 Å². The van der Waals surface area contributed by atoms with Gasteiger partial charge in [0.15, 0.2) is 0 Å². The van der Waals surface area contributed by atoms with Crippen LogP contribution in [0.5, 0.6) is 0 Å². The zero-order valence-electron chi connectivity index (χ0n) is 8.25. The smallest absolute Gasteiger partial charge is 0.238 e. The van der Waals surface area contributed by atoms with E-state index in [0.29, 0.717) is 0 Å². The number of hydrogen-bond acceptors (Lipinski definition) is 4. The van der Waals surface area contributed by atoms with Gasteiger partial charge in [-0.25, -0.2) is 13.6 Å². The predicted octanol–water partition coefficient (Wildman–Crippen LogP) is 0.123. The maximum Gasteiger partial charge on any atom is 0.238 e. The number of benzene rings is 1. The molecule has 4 N–H and O–H groups in total. The van der Waals surface area contributed by atoms with Crippen molar-refractivity contribution in [2.45, 2.75) is 17.1 Å². The van der Waals surface area contributed by atoms with E-state index >= 15 is 0 Å². The number of sulfonamides is 1. The van der Waals surface area contributed by atoms with Gasteiger partial charge >= 0.3 is 0 Å². The lowest BCUT2D eigenvalue weighted by atomic mass is 10.1. The van der Waals surface area contributed by atoms with Gasteiger partial charge in [-0.2, -0.15) is 0 Å². The Morgan fingerprint density at radius 3 is 2.38 bits per heavy atom. The topological polar surface area (TPSA) is 101 Å². The molecular formula is C9H12BrNO4S. The normalized spacial score (nSPS) is 15.8. The predicted molar refractivity (Wildman–Crippen MR) is 62.6 cm³/mol. The quantitative estimate of drug-likeness (QED) is 0.688. The minimum absolute atomic E-state index is 0.0944. The number of hydrogen-bond donors (Lipinski definition) is 3. The van der Waals surface area contributed by atoms with Crippen LogP contribution in [0.3, 0.4) is 0 Å². The highest BCUT2D eigenvalue weighted by molar-refractivity contribution is 9.09. The maximum absolute atomic E-state index is 11.2. The fraction of sp³-hybridized carbons (Fsp3) is 0.333. The molecule has 0 heterocycles. The Kier molecular flexibility index (Phi) is 4.45. The van der Waals surface area contributed by atoms with Gasteiger partial charge in [-0.15, -0.1) is 0 Å². The van der Waals surface area contributed by atoms with Crippen LogP contribution in [0.25, 0.3) is 0 Å². The van der Waals surface area contributed by atoms with Crippen LogP contribution >= 0.6 is 15.9 Å². The number of alkyl halides is 1. The van der Waals surface area contributed by atoms with Crippen molar-refractivity contribution in [1.29, 1.82) is 0 Å². The van der Waals surface area contributed by atoms with E-state index in [4.69, 9.17) is 5.14 Å². The minimum atomic E-state index is -3.91. The fourth-order valence-corrected chi connectivity index (χ4v) is 2.42. The van der Waals surface area contributed by atoms with Gasteiger partial charge in [0.1, 0.15) is 6.10 Å². The van der Waals surface area contributed by atoms with Crippen molar-refractivity contribution in [3.63, 3.8) is 0 Å². The highest BCUT2D eigenvalue weighted by Crippen LogP contribution is 2.24. The summed E-state index contributed by atoms with van der Waals surface area (Å²) in [6.07, 6.45) is -2.39. The average molecular weight is 310 g/mol. The first-order valence-corrected chi connectivity index (χ1v) is 7.08. The molecule has 90 valence electrons. The van der Waals surface area contributed by atoms with Crippen LogP contribution in [0.2, 0.25) is 0 Å². The number of aliphatic hydroxyl groups excluding tert-OH is 2. The molecule has 0 saturated carbocycles. The standard InChI is InChI=1S/C9H12BrNO4S/c10-5-7(12)9(13)6-3-1-2-4-8(6)16(11,14)15/h1-4,7,9,12-13H,5H2,(H2,11,14,15). The van der Waals surface area contributed by atoms with Crippen molar-refractivity contribution in [1.82, 2.24) is 0 Å². The first-order valence-electron chi connectivity index (χ1n) is 4.41. The second kappa shape index (κ2) is 5.24. The summed E-state index contributed by atoms with van der Waals surface area (Å²) in [6, 6.07) is 5.76. The lowest BCUT2D eigenvalue weighted by molar-refractivity contribution is 0.0325. The van der Waals surface area contributed by atoms with Gasteiger partial charge in [0.25, 0.3) is 0 Å². The molecule has 0 amide bonds. The molecule has 1 aromatic carbocycles. The van der Waals surface area contributed by atoms with Gasteiger partial charge in [0, 0.05) is 10.9 Å². The van der Waals surface area contributed by atoms with E-state index in [-0.39, 0.29) is 15.8 Å². The van der Waals surface area contributed by atoms with Crippen molar-refractivity contribution < 1.29 is 18.6 Å². The van der Waals surface area contributed by atoms with Gasteiger partial charge in [0.05, 0.1) is 11.0 Å². The molecule has 0 aliphatic heterocycles. The largest absolute Gasteiger partial charge is 0.389 e. The van der Waals surface area contributed by atoms with Crippen LogP contribution in [0.1, 0.15) is 11.7 Å². The van der Waals surface area contributed by atoms with E-state index in [1.165, 1.54) is 18.2 Å². The van der Waals surface area contributed by atoms with Crippen molar-refractivity contribution in [2.24, 2.45) is 5.14 Å². The Balaban J connectivity index is 3.24. The van der Waals surface area contributed by atoms with Gasteiger partial charge < -0.3 is 10.2 Å². The van der Waals surface area contributed by atoms with Gasteiger partial charge in [-0.05, 0) is 6.07 Å². The van der Waals surface area contributed by atoms with E-state index in [2.05, 4.69) is 15.9 Å². The van der Waals surface area contributed by atoms with Crippen LogP contribution in [0.15, 0.2) is 29.2 Å². The van der Waals surface area contributed by atoms with Gasteiger partial charge in [-0.3, -0.25) is 0 Å². The van der Waals surface area contributed by atoms with E-state index < -0.39 is 22.2 Å². The Hall–Kier alpha value is -0.470. The van der Waals surface area contributed by atoms with Gasteiger partial charge in [-0.1, -0.05) is 34.1 Å². The fourth-order valence-electron chi connectivity index (χ4n) is 1.28.